The van der Waals surface area contributed by atoms with Crippen molar-refractivity contribution in [2.24, 2.45) is 5.92 Å². The third-order valence-corrected chi connectivity index (χ3v) is 4.33. The second-order valence-electron chi connectivity index (χ2n) is 6.24. The maximum Gasteiger partial charge on any atom is 0.117 e. The third kappa shape index (κ3) is 4.46. The van der Waals surface area contributed by atoms with Crippen LogP contribution < -0.4 is 5.32 Å². The fourth-order valence-electron chi connectivity index (χ4n) is 1.86. The molecule has 108 valence electrons. The van der Waals surface area contributed by atoms with E-state index in [4.69, 9.17) is 0 Å². The van der Waals surface area contributed by atoms with E-state index < -0.39 is 0 Å². The molecule has 0 saturated carbocycles. The van der Waals surface area contributed by atoms with Gasteiger partial charge in [0, 0.05) is 16.7 Å². The quantitative estimate of drug-likeness (QED) is 0.672. The van der Waals surface area contributed by atoms with Crippen LogP contribution in [0.5, 0.6) is 0 Å². The van der Waals surface area contributed by atoms with Crippen molar-refractivity contribution in [3.05, 3.63) is 30.6 Å². The Morgan fingerprint density at radius 3 is 2.70 bits per heavy atom. The predicted molar refractivity (Wildman–Crippen MR) is 87.2 cm³/mol. The Kier molecular flexibility index (Phi) is 5.00. The highest BCUT2D eigenvalue weighted by molar-refractivity contribution is 7.99. The zero-order chi connectivity index (χ0) is 14.6. The summed E-state index contributed by atoms with van der Waals surface area (Å²) in [5.41, 5.74) is 1.20. The molecule has 0 aliphatic carbocycles. The Labute approximate surface area is 125 Å². The Balaban J connectivity index is 1.96. The van der Waals surface area contributed by atoms with E-state index in [2.05, 4.69) is 49.0 Å². The van der Waals surface area contributed by atoms with Crippen LogP contribution in [0.2, 0.25) is 0 Å². The Morgan fingerprint density at radius 2 is 1.95 bits per heavy atom. The summed E-state index contributed by atoms with van der Waals surface area (Å²) in [4.78, 5) is 8.72. The van der Waals surface area contributed by atoms with Crippen LogP contribution in [0.25, 0.3) is 10.9 Å². The number of hydrogen-bond acceptors (Lipinski definition) is 4. The van der Waals surface area contributed by atoms with Crippen LogP contribution in [-0.4, -0.2) is 27.8 Å². The fraction of sp³-hybridized carbons (Fsp3) is 0.500. The van der Waals surface area contributed by atoms with Crippen LogP contribution in [0.4, 0.5) is 0 Å². The van der Waals surface area contributed by atoms with Gasteiger partial charge >= 0.3 is 0 Å². The monoisotopic (exact) mass is 289 g/mol. The minimum atomic E-state index is 0.181. The van der Waals surface area contributed by atoms with E-state index in [1.54, 1.807) is 6.33 Å². The van der Waals surface area contributed by atoms with Gasteiger partial charge in [-0.3, -0.25) is 0 Å². The standard InChI is InChI=1S/C16H23N3S/c1-12(9-19-16(2,3)4)10-20-15-13-7-5-6-8-14(13)17-11-18-15/h5-8,11-12,19H,9-10H2,1-4H3. The molecule has 0 amide bonds. The molecule has 0 aliphatic rings. The summed E-state index contributed by atoms with van der Waals surface area (Å²) in [6.07, 6.45) is 1.66. The summed E-state index contributed by atoms with van der Waals surface area (Å²) in [5, 5.41) is 5.78. The molecule has 0 fully saturated rings. The lowest BCUT2D eigenvalue weighted by molar-refractivity contribution is 0.395. The summed E-state index contributed by atoms with van der Waals surface area (Å²) in [5.74, 6) is 1.66. The van der Waals surface area contributed by atoms with E-state index in [1.165, 1.54) is 0 Å². The number of thioether (sulfide) groups is 1. The lowest BCUT2D eigenvalue weighted by Crippen LogP contribution is -2.39. The molecule has 20 heavy (non-hydrogen) atoms. The van der Waals surface area contributed by atoms with E-state index in [1.807, 2.05) is 30.0 Å². The summed E-state index contributed by atoms with van der Waals surface area (Å²) in [7, 11) is 0. The smallest absolute Gasteiger partial charge is 0.117 e. The highest BCUT2D eigenvalue weighted by Gasteiger charge is 2.12. The molecule has 2 rings (SSSR count). The summed E-state index contributed by atoms with van der Waals surface area (Å²) >= 11 is 1.82. The van der Waals surface area contributed by atoms with Gasteiger partial charge in [-0.15, -0.1) is 11.8 Å². The second-order valence-corrected chi connectivity index (χ2v) is 7.25. The van der Waals surface area contributed by atoms with Gasteiger partial charge in [0.2, 0.25) is 0 Å². The van der Waals surface area contributed by atoms with Crippen molar-refractivity contribution in [2.75, 3.05) is 12.3 Å². The number of aromatic nitrogens is 2. The summed E-state index contributed by atoms with van der Waals surface area (Å²) in [6.45, 7) is 9.90. The van der Waals surface area contributed by atoms with Gasteiger partial charge in [0.15, 0.2) is 0 Å². The Morgan fingerprint density at radius 1 is 1.20 bits per heavy atom. The first-order valence-corrected chi connectivity index (χ1v) is 8.02. The van der Waals surface area contributed by atoms with Gasteiger partial charge in [0.1, 0.15) is 11.4 Å². The molecule has 1 N–H and O–H groups in total. The highest BCUT2D eigenvalue weighted by Crippen LogP contribution is 2.25. The Bertz CT molecular complexity index is 558. The predicted octanol–water partition coefficient (Wildman–Crippen LogP) is 3.75. The van der Waals surface area contributed by atoms with Crippen molar-refractivity contribution < 1.29 is 0 Å². The summed E-state index contributed by atoms with van der Waals surface area (Å²) < 4.78 is 0. The molecule has 0 saturated heterocycles. The average Bonchev–Trinajstić information content (AvgIpc) is 2.42. The van der Waals surface area contributed by atoms with E-state index in [9.17, 15) is 0 Å². The van der Waals surface area contributed by atoms with Gasteiger partial charge in [0.05, 0.1) is 5.52 Å². The van der Waals surface area contributed by atoms with Crippen molar-refractivity contribution in [1.29, 1.82) is 0 Å². The van der Waals surface area contributed by atoms with E-state index >= 15 is 0 Å². The van der Waals surface area contributed by atoms with Gasteiger partial charge in [-0.1, -0.05) is 25.1 Å². The zero-order valence-corrected chi connectivity index (χ0v) is 13.5. The number of rotatable bonds is 5. The van der Waals surface area contributed by atoms with Gasteiger partial charge in [-0.05, 0) is 39.3 Å². The zero-order valence-electron chi connectivity index (χ0n) is 12.7. The molecule has 4 heteroatoms. The first kappa shape index (κ1) is 15.3. The van der Waals surface area contributed by atoms with Crippen LogP contribution in [0.3, 0.4) is 0 Å². The van der Waals surface area contributed by atoms with Crippen molar-refractivity contribution in [3.8, 4) is 0 Å². The number of fused-ring (bicyclic) bond motifs is 1. The molecule has 1 heterocycles. The number of benzene rings is 1. The minimum Gasteiger partial charge on any atom is -0.312 e. The molecule has 0 bridgehead atoms. The summed E-state index contributed by atoms with van der Waals surface area (Å²) in [6, 6.07) is 8.18. The molecule has 1 aromatic heterocycles. The molecule has 0 radical (unpaired) electrons. The maximum absolute atomic E-state index is 4.42. The van der Waals surface area contributed by atoms with Gasteiger partial charge < -0.3 is 5.32 Å². The fourth-order valence-corrected chi connectivity index (χ4v) is 2.87. The largest absolute Gasteiger partial charge is 0.312 e. The minimum absolute atomic E-state index is 0.181. The van der Waals surface area contributed by atoms with Crippen molar-refractivity contribution in [3.63, 3.8) is 0 Å². The third-order valence-electron chi connectivity index (χ3n) is 2.99. The van der Waals surface area contributed by atoms with Crippen LogP contribution >= 0.6 is 11.8 Å². The first-order chi connectivity index (χ1) is 9.46. The molecule has 1 aromatic carbocycles. The molecule has 2 aromatic rings. The topological polar surface area (TPSA) is 37.8 Å². The SMILES string of the molecule is CC(CNC(C)(C)C)CSc1ncnc2ccccc12. The second kappa shape index (κ2) is 6.55. The van der Waals surface area contributed by atoms with E-state index in [-0.39, 0.29) is 5.54 Å². The molecule has 1 atom stereocenters. The normalized spacial score (nSPS) is 13.6. The molecular formula is C16H23N3S. The molecule has 1 unspecified atom stereocenters. The lowest BCUT2D eigenvalue weighted by Gasteiger charge is -2.23. The van der Waals surface area contributed by atoms with Crippen molar-refractivity contribution in [2.45, 2.75) is 38.3 Å². The number of nitrogens with one attached hydrogen (secondary N) is 1. The van der Waals surface area contributed by atoms with Crippen LogP contribution in [0.1, 0.15) is 27.7 Å². The first-order valence-electron chi connectivity index (χ1n) is 7.03. The highest BCUT2D eigenvalue weighted by atomic mass is 32.2. The molecule has 3 nitrogen and oxygen atoms in total. The van der Waals surface area contributed by atoms with Crippen LogP contribution in [0, 0.1) is 5.92 Å². The van der Waals surface area contributed by atoms with E-state index in [0.717, 1.165) is 28.2 Å². The van der Waals surface area contributed by atoms with Gasteiger partial charge in [0.25, 0.3) is 0 Å². The number of hydrogen-bond donors (Lipinski definition) is 1. The van der Waals surface area contributed by atoms with Crippen molar-refractivity contribution in [1.82, 2.24) is 15.3 Å². The number of para-hydroxylation sites is 1. The molecule has 0 aliphatic heterocycles. The van der Waals surface area contributed by atoms with Gasteiger partial charge in [-0.2, -0.15) is 0 Å². The van der Waals surface area contributed by atoms with Crippen LogP contribution in [-0.2, 0) is 0 Å². The lowest BCUT2D eigenvalue weighted by atomic mass is 10.1. The molecule has 0 spiro atoms. The average molecular weight is 289 g/mol. The van der Waals surface area contributed by atoms with E-state index in [0.29, 0.717) is 5.92 Å². The maximum atomic E-state index is 4.42. The van der Waals surface area contributed by atoms with Crippen LogP contribution in [0.15, 0.2) is 35.6 Å². The van der Waals surface area contributed by atoms with Gasteiger partial charge in [-0.25, -0.2) is 9.97 Å². The molecular weight excluding hydrogens is 266 g/mol. The number of nitrogens with zero attached hydrogens (tertiary/aromatic N) is 2. The Hall–Kier alpha value is -1.13. The van der Waals surface area contributed by atoms with Crippen molar-refractivity contribution >= 4 is 22.7 Å².